The van der Waals surface area contributed by atoms with E-state index in [0.717, 1.165) is 26.2 Å². The Kier molecular flexibility index (Phi) is 6.41. The highest BCUT2D eigenvalue weighted by molar-refractivity contribution is 4.80. The maximum atomic E-state index is 3.47. The number of nitrogens with one attached hydrogen (secondary N) is 2. The van der Waals surface area contributed by atoms with E-state index in [2.05, 4.69) is 27.4 Å². The van der Waals surface area contributed by atoms with Crippen LogP contribution in [0, 0.1) is 0 Å². The molecule has 0 amide bonds. The molecule has 2 aliphatic rings. The minimum atomic E-state index is 0.695. The fourth-order valence-electron chi connectivity index (χ4n) is 3.13. The highest BCUT2D eigenvalue weighted by Gasteiger charge is 2.26. The van der Waals surface area contributed by atoms with Crippen LogP contribution >= 0.6 is 0 Å². The number of nitrogens with zero attached hydrogens (tertiary/aromatic N) is 2. The Balaban J connectivity index is 1.87. The van der Waals surface area contributed by atoms with Gasteiger partial charge in [0, 0.05) is 52.4 Å². The van der Waals surface area contributed by atoms with Gasteiger partial charge in [-0.3, -0.25) is 9.80 Å². The molecule has 106 valence electrons. The van der Waals surface area contributed by atoms with Gasteiger partial charge in [0.2, 0.25) is 0 Å². The Bertz CT molecular complexity index is 192. The predicted octanol–water partition coefficient (Wildman–Crippen LogP) is 0.703. The van der Waals surface area contributed by atoms with E-state index in [9.17, 15) is 0 Å². The van der Waals surface area contributed by atoms with E-state index in [1.165, 1.54) is 51.9 Å². The van der Waals surface area contributed by atoms with Gasteiger partial charge < -0.3 is 10.6 Å². The number of unbranched alkanes of at least 4 members (excludes halogenated alkanes) is 2. The molecule has 18 heavy (non-hydrogen) atoms. The third-order valence-corrected chi connectivity index (χ3v) is 4.21. The first-order valence-corrected chi connectivity index (χ1v) is 7.81. The Morgan fingerprint density at radius 1 is 0.833 bits per heavy atom. The molecule has 0 aromatic rings. The fraction of sp³-hybridized carbons (Fsp3) is 1.00. The minimum absolute atomic E-state index is 0.695. The van der Waals surface area contributed by atoms with E-state index >= 15 is 0 Å². The second kappa shape index (κ2) is 8.10. The lowest BCUT2D eigenvalue weighted by Crippen LogP contribution is -2.58. The number of hydrogen-bond donors (Lipinski definition) is 2. The van der Waals surface area contributed by atoms with Gasteiger partial charge in [-0.15, -0.1) is 0 Å². The number of piperazine rings is 2. The van der Waals surface area contributed by atoms with Crippen molar-refractivity contribution < 1.29 is 0 Å². The Morgan fingerprint density at radius 2 is 1.33 bits per heavy atom. The molecular formula is C14H30N4. The van der Waals surface area contributed by atoms with Crippen LogP contribution in [0.1, 0.15) is 32.6 Å². The summed E-state index contributed by atoms with van der Waals surface area (Å²) in [5.41, 5.74) is 0. The largest absolute Gasteiger partial charge is 0.314 e. The summed E-state index contributed by atoms with van der Waals surface area (Å²) in [7, 11) is 0. The van der Waals surface area contributed by atoms with Gasteiger partial charge in [0.25, 0.3) is 0 Å². The Morgan fingerprint density at radius 3 is 1.78 bits per heavy atom. The second-order valence-electron chi connectivity index (χ2n) is 5.55. The SMILES string of the molecule is CCCCCC(N1CCNCC1)N1CCNCC1. The van der Waals surface area contributed by atoms with Gasteiger partial charge in [0.1, 0.15) is 0 Å². The normalized spacial score (nSPS) is 23.7. The van der Waals surface area contributed by atoms with E-state index in [1.54, 1.807) is 0 Å². The Hall–Kier alpha value is -0.160. The van der Waals surface area contributed by atoms with E-state index in [1.807, 2.05) is 0 Å². The van der Waals surface area contributed by atoms with Crippen LogP contribution in [0.25, 0.3) is 0 Å². The van der Waals surface area contributed by atoms with Gasteiger partial charge in [-0.05, 0) is 6.42 Å². The average Bonchev–Trinajstić information content (AvgIpc) is 2.46. The summed E-state index contributed by atoms with van der Waals surface area (Å²) in [6.45, 7) is 11.8. The van der Waals surface area contributed by atoms with Gasteiger partial charge in [0.05, 0.1) is 6.17 Å². The van der Waals surface area contributed by atoms with Gasteiger partial charge in [-0.25, -0.2) is 0 Å². The van der Waals surface area contributed by atoms with Crippen molar-refractivity contribution in [2.24, 2.45) is 0 Å². The van der Waals surface area contributed by atoms with Gasteiger partial charge in [-0.2, -0.15) is 0 Å². The van der Waals surface area contributed by atoms with Crippen LogP contribution in [0.2, 0.25) is 0 Å². The summed E-state index contributed by atoms with van der Waals surface area (Å²) in [6, 6.07) is 0. The summed E-state index contributed by atoms with van der Waals surface area (Å²) in [4.78, 5) is 5.41. The van der Waals surface area contributed by atoms with Crippen LogP contribution in [0.4, 0.5) is 0 Å². The molecule has 2 fully saturated rings. The summed E-state index contributed by atoms with van der Waals surface area (Å²) < 4.78 is 0. The number of hydrogen-bond acceptors (Lipinski definition) is 4. The van der Waals surface area contributed by atoms with E-state index < -0.39 is 0 Å². The third-order valence-electron chi connectivity index (χ3n) is 4.21. The maximum Gasteiger partial charge on any atom is 0.0624 e. The van der Waals surface area contributed by atoms with Gasteiger partial charge in [-0.1, -0.05) is 26.2 Å². The van der Waals surface area contributed by atoms with E-state index in [0.29, 0.717) is 6.17 Å². The molecule has 0 aromatic heterocycles. The van der Waals surface area contributed by atoms with Crippen LogP contribution in [-0.2, 0) is 0 Å². The van der Waals surface area contributed by atoms with Crippen LogP contribution in [0.15, 0.2) is 0 Å². The molecule has 0 atom stereocenters. The molecule has 0 bridgehead atoms. The zero-order chi connectivity index (χ0) is 12.6. The molecule has 4 heteroatoms. The monoisotopic (exact) mass is 254 g/mol. The minimum Gasteiger partial charge on any atom is -0.314 e. The third kappa shape index (κ3) is 4.19. The fourth-order valence-corrected chi connectivity index (χ4v) is 3.13. The first-order valence-electron chi connectivity index (χ1n) is 7.81. The van der Waals surface area contributed by atoms with Crippen molar-refractivity contribution in [1.29, 1.82) is 0 Å². The molecule has 0 radical (unpaired) electrons. The smallest absolute Gasteiger partial charge is 0.0624 e. The molecule has 2 saturated heterocycles. The van der Waals surface area contributed by atoms with Gasteiger partial charge >= 0.3 is 0 Å². The molecule has 2 rings (SSSR count). The number of rotatable bonds is 6. The van der Waals surface area contributed by atoms with Gasteiger partial charge in [0.15, 0.2) is 0 Å². The molecule has 0 aromatic carbocycles. The van der Waals surface area contributed by atoms with Crippen molar-refractivity contribution >= 4 is 0 Å². The van der Waals surface area contributed by atoms with E-state index in [4.69, 9.17) is 0 Å². The van der Waals surface area contributed by atoms with Crippen LogP contribution < -0.4 is 10.6 Å². The summed E-state index contributed by atoms with van der Waals surface area (Å²) >= 11 is 0. The zero-order valence-corrected chi connectivity index (χ0v) is 12.0. The topological polar surface area (TPSA) is 30.5 Å². The lowest BCUT2D eigenvalue weighted by atomic mass is 10.1. The molecule has 0 spiro atoms. The van der Waals surface area contributed by atoms with Crippen molar-refractivity contribution in [3.63, 3.8) is 0 Å². The zero-order valence-electron chi connectivity index (χ0n) is 12.0. The Labute approximate surface area is 112 Å². The highest BCUT2D eigenvalue weighted by Crippen LogP contribution is 2.16. The second-order valence-corrected chi connectivity index (χ2v) is 5.55. The van der Waals surface area contributed by atoms with Crippen molar-refractivity contribution in [1.82, 2.24) is 20.4 Å². The van der Waals surface area contributed by atoms with Crippen molar-refractivity contribution in [2.45, 2.75) is 38.8 Å². The van der Waals surface area contributed by atoms with Crippen molar-refractivity contribution in [3.8, 4) is 0 Å². The van der Waals surface area contributed by atoms with Crippen molar-refractivity contribution in [2.75, 3.05) is 52.4 Å². The maximum absolute atomic E-state index is 3.47. The van der Waals surface area contributed by atoms with Crippen LogP contribution in [0.5, 0.6) is 0 Å². The highest BCUT2D eigenvalue weighted by atomic mass is 15.4. The average molecular weight is 254 g/mol. The predicted molar refractivity (Wildman–Crippen MR) is 76.8 cm³/mol. The van der Waals surface area contributed by atoms with Crippen molar-refractivity contribution in [3.05, 3.63) is 0 Å². The molecule has 4 nitrogen and oxygen atoms in total. The van der Waals surface area contributed by atoms with Crippen LogP contribution in [-0.4, -0.2) is 68.3 Å². The molecule has 0 saturated carbocycles. The lowest BCUT2D eigenvalue weighted by molar-refractivity contribution is 0.0186. The quantitative estimate of drug-likeness (QED) is 0.683. The van der Waals surface area contributed by atoms with Crippen LogP contribution in [0.3, 0.4) is 0 Å². The molecule has 0 aliphatic carbocycles. The first-order chi connectivity index (χ1) is 8.92. The summed E-state index contributed by atoms with van der Waals surface area (Å²) in [6.07, 6.45) is 6.15. The van der Waals surface area contributed by atoms with E-state index in [-0.39, 0.29) is 0 Å². The molecular weight excluding hydrogens is 224 g/mol. The summed E-state index contributed by atoms with van der Waals surface area (Å²) in [5, 5.41) is 6.93. The molecule has 2 heterocycles. The first kappa shape index (κ1) is 14.3. The molecule has 0 unspecified atom stereocenters. The summed E-state index contributed by atoms with van der Waals surface area (Å²) in [5.74, 6) is 0. The lowest BCUT2D eigenvalue weighted by Gasteiger charge is -2.43. The standard InChI is InChI=1S/C14H30N4/c1-2-3-4-5-14(17-10-6-15-7-11-17)18-12-8-16-9-13-18/h14-16H,2-13H2,1H3. The molecule has 2 aliphatic heterocycles. The molecule has 2 N–H and O–H groups in total.